The van der Waals surface area contributed by atoms with Crippen LogP contribution in [0.2, 0.25) is 0 Å². The molecule has 0 radical (unpaired) electrons. The Morgan fingerprint density at radius 1 is 1.03 bits per heavy atom. The topological polar surface area (TPSA) is 93.3 Å². The van der Waals surface area contributed by atoms with Gasteiger partial charge in [0.1, 0.15) is 0 Å². The standard InChI is InChI=1S/C31H37N3O2.CH2O2/c1-6-23(3)19-27(29-14-9-8-11-24(29)4)21-28(7-2)32-17-15-25-12-10-13-26(20-25)22-34-30(35)16-18-33(5)31(34)36;2-1-3/h7-14,16,18-21,32H,6,15,17,22H2,1-5H3;1H,(H,2,3)/b23-19+,27-21+,28-7+;. The normalized spacial score (nSPS) is 12.0. The van der Waals surface area contributed by atoms with Crippen LogP contribution >= 0.6 is 0 Å². The van der Waals surface area contributed by atoms with Gasteiger partial charge in [-0.25, -0.2) is 4.79 Å². The van der Waals surface area contributed by atoms with E-state index in [-0.39, 0.29) is 24.3 Å². The quantitative estimate of drug-likeness (QED) is 0.282. The zero-order chi connectivity index (χ0) is 28.8. The minimum Gasteiger partial charge on any atom is -0.483 e. The smallest absolute Gasteiger partial charge is 0.331 e. The highest BCUT2D eigenvalue weighted by Crippen LogP contribution is 2.23. The van der Waals surface area contributed by atoms with E-state index in [1.54, 1.807) is 7.05 Å². The molecule has 0 aliphatic carbocycles. The summed E-state index contributed by atoms with van der Waals surface area (Å²) in [6, 6.07) is 18.0. The van der Waals surface area contributed by atoms with E-state index in [1.807, 2.05) is 19.1 Å². The number of benzene rings is 2. The SMILES string of the molecule is C\C=C(/C=C(\C=C(/C)CC)c1ccccc1C)NCCc1cccc(Cn2c(=O)ccn(C)c2=O)c1.O=CO. The third kappa shape index (κ3) is 9.45. The number of hydrogen-bond acceptors (Lipinski definition) is 4. The van der Waals surface area contributed by atoms with Gasteiger partial charge in [0.25, 0.3) is 12.0 Å². The van der Waals surface area contributed by atoms with E-state index in [0.29, 0.717) is 0 Å². The lowest BCUT2D eigenvalue weighted by atomic mass is 9.97. The van der Waals surface area contributed by atoms with Crippen LogP contribution in [0.25, 0.3) is 5.57 Å². The fraction of sp³-hybridized carbons (Fsp3) is 0.281. The van der Waals surface area contributed by atoms with E-state index < -0.39 is 0 Å². The molecule has 2 aromatic carbocycles. The summed E-state index contributed by atoms with van der Waals surface area (Å²) in [5.74, 6) is 0. The van der Waals surface area contributed by atoms with Crippen LogP contribution in [-0.2, 0) is 24.8 Å². The molecule has 7 nitrogen and oxygen atoms in total. The molecule has 0 atom stereocenters. The van der Waals surface area contributed by atoms with Gasteiger partial charge in [0.15, 0.2) is 0 Å². The highest BCUT2D eigenvalue weighted by molar-refractivity contribution is 5.78. The number of hydrogen-bond donors (Lipinski definition) is 2. The Bertz CT molecular complexity index is 1460. The van der Waals surface area contributed by atoms with E-state index in [0.717, 1.165) is 36.2 Å². The number of aromatic nitrogens is 2. The van der Waals surface area contributed by atoms with Crippen LogP contribution < -0.4 is 16.6 Å². The van der Waals surface area contributed by atoms with Gasteiger partial charge in [-0.2, -0.15) is 0 Å². The first-order valence-corrected chi connectivity index (χ1v) is 13.0. The number of nitrogens with one attached hydrogen (secondary N) is 1. The second-order valence-electron chi connectivity index (χ2n) is 9.24. The number of allylic oxidation sites excluding steroid dienone is 5. The molecular weight excluding hydrogens is 490 g/mol. The van der Waals surface area contributed by atoms with Gasteiger partial charge < -0.3 is 15.0 Å². The fourth-order valence-corrected chi connectivity index (χ4v) is 4.04. The number of carbonyl (C=O) groups is 1. The minimum atomic E-state index is -0.309. The molecule has 0 unspecified atom stereocenters. The van der Waals surface area contributed by atoms with Crippen molar-refractivity contribution in [3.63, 3.8) is 0 Å². The molecule has 0 aliphatic heterocycles. The number of aryl methyl sites for hydroxylation is 2. The monoisotopic (exact) mass is 529 g/mol. The van der Waals surface area contributed by atoms with Crippen molar-refractivity contribution in [1.29, 1.82) is 0 Å². The molecule has 0 bridgehead atoms. The first kappa shape index (κ1) is 30.8. The maximum Gasteiger partial charge on any atom is 0.331 e. The molecule has 0 saturated heterocycles. The van der Waals surface area contributed by atoms with E-state index in [1.165, 1.54) is 43.7 Å². The number of nitrogens with zero attached hydrogens (tertiary/aromatic N) is 2. The van der Waals surface area contributed by atoms with Gasteiger partial charge in [-0.15, -0.1) is 0 Å². The fourth-order valence-electron chi connectivity index (χ4n) is 4.04. The first-order chi connectivity index (χ1) is 18.7. The second kappa shape index (κ2) is 15.8. The molecule has 3 rings (SSSR count). The third-order valence-electron chi connectivity index (χ3n) is 6.35. The van der Waals surface area contributed by atoms with Crippen molar-refractivity contribution in [3.05, 3.63) is 133 Å². The lowest BCUT2D eigenvalue weighted by molar-refractivity contribution is -0.122. The van der Waals surface area contributed by atoms with Gasteiger partial charge in [-0.1, -0.05) is 73.2 Å². The lowest BCUT2D eigenvalue weighted by Gasteiger charge is -2.13. The second-order valence-corrected chi connectivity index (χ2v) is 9.24. The van der Waals surface area contributed by atoms with Crippen LogP contribution in [0.15, 0.2) is 99.9 Å². The Morgan fingerprint density at radius 3 is 2.38 bits per heavy atom. The maximum atomic E-state index is 12.4. The van der Waals surface area contributed by atoms with Crippen LogP contribution in [-0.4, -0.2) is 27.3 Å². The predicted molar refractivity (Wildman–Crippen MR) is 159 cm³/mol. The first-order valence-electron chi connectivity index (χ1n) is 13.0. The zero-order valence-corrected chi connectivity index (χ0v) is 23.5. The average molecular weight is 530 g/mol. The predicted octanol–water partition coefficient (Wildman–Crippen LogP) is 5.08. The Hall–Kier alpha value is -4.39. The van der Waals surface area contributed by atoms with Crippen LogP contribution in [0, 0.1) is 6.92 Å². The number of carboxylic acid groups (broad SMARTS) is 1. The molecule has 206 valence electrons. The van der Waals surface area contributed by atoms with Crippen LogP contribution in [0.5, 0.6) is 0 Å². The van der Waals surface area contributed by atoms with Crippen LogP contribution in [0.3, 0.4) is 0 Å². The summed E-state index contributed by atoms with van der Waals surface area (Å²) in [5, 5.41) is 10.5. The highest BCUT2D eigenvalue weighted by Gasteiger charge is 2.06. The van der Waals surface area contributed by atoms with Crippen molar-refractivity contribution >= 4 is 12.0 Å². The summed E-state index contributed by atoms with van der Waals surface area (Å²) < 4.78 is 2.68. The Balaban J connectivity index is 0.00000170. The molecule has 2 N–H and O–H groups in total. The summed E-state index contributed by atoms with van der Waals surface area (Å²) in [6.07, 6.45) is 9.92. The molecule has 0 spiro atoms. The van der Waals surface area contributed by atoms with E-state index in [9.17, 15) is 9.59 Å². The van der Waals surface area contributed by atoms with Gasteiger partial charge in [0.05, 0.1) is 6.54 Å². The van der Waals surface area contributed by atoms with Crippen molar-refractivity contribution in [3.8, 4) is 0 Å². The van der Waals surface area contributed by atoms with Crippen LogP contribution in [0.1, 0.15) is 49.4 Å². The lowest BCUT2D eigenvalue weighted by Crippen LogP contribution is -2.38. The summed E-state index contributed by atoms with van der Waals surface area (Å²) in [7, 11) is 1.65. The van der Waals surface area contributed by atoms with Crippen molar-refractivity contribution in [2.75, 3.05) is 6.54 Å². The summed E-state index contributed by atoms with van der Waals surface area (Å²) in [5.41, 5.74) is 7.59. The zero-order valence-electron chi connectivity index (χ0n) is 23.5. The van der Waals surface area contributed by atoms with Crippen molar-refractivity contribution in [2.24, 2.45) is 7.05 Å². The Labute approximate surface area is 230 Å². The van der Waals surface area contributed by atoms with Gasteiger partial charge in [0.2, 0.25) is 0 Å². The van der Waals surface area contributed by atoms with Crippen LogP contribution in [0.4, 0.5) is 0 Å². The molecular formula is C32H39N3O4. The molecule has 1 heterocycles. The largest absolute Gasteiger partial charge is 0.483 e. The highest BCUT2D eigenvalue weighted by atomic mass is 16.3. The van der Waals surface area contributed by atoms with Crippen molar-refractivity contribution in [2.45, 2.75) is 47.1 Å². The summed E-state index contributed by atoms with van der Waals surface area (Å²) >= 11 is 0. The molecule has 3 aromatic rings. The minimum absolute atomic E-state index is 0.250. The van der Waals surface area contributed by atoms with E-state index in [4.69, 9.17) is 9.90 Å². The molecule has 1 aromatic heterocycles. The molecule has 0 fully saturated rings. The van der Waals surface area contributed by atoms with E-state index >= 15 is 0 Å². The molecule has 39 heavy (non-hydrogen) atoms. The molecule has 0 amide bonds. The average Bonchev–Trinajstić information content (AvgIpc) is 2.93. The van der Waals surface area contributed by atoms with Gasteiger partial charge in [-0.05, 0) is 67.5 Å². The van der Waals surface area contributed by atoms with Gasteiger partial charge in [0, 0.05) is 31.6 Å². The third-order valence-corrected chi connectivity index (χ3v) is 6.35. The van der Waals surface area contributed by atoms with Crippen molar-refractivity contribution < 1.29 is 9.90 Å². The maximum absolute atomic E-state index is 12.4. The Kier molecular flexibility index (Phi) is 12.5. The van der Waals surface area contributed by atoms with E-state index in [2.05, 4.69) is 80.7 Å². The van der Waals surface area contributed by atoms with Gasteiger partial charge >= 0.3 is 5.69 Å². The molecule has 7 heteroatoms. The molecule has 0 saturated carbocycles. The Morgan fingerprint density at radius 2 is 1.72 bits per heavy atom. The summed E-state index contributed by atoms with van der Waals surface area (Å²) in [4.78, 5) is 32.9. The van der Waals surface area contributed by atoms with Crippen molar-refractivity contribution in [1.82, 2.24) is 14.5 Å². The summed E-state index contributed by atoms with van der Waals surface area (Å²) in [6.45, 7) is 9.32. The number of rotatable bonds is 10. The van der Waals surface area contributed by atoms with Gasteiger partial charge in [-0.3, -0.25) is 14.2 Å². The molecule has 0 aliphatic rings.